The predicted octanol–water partition coefficient (Wildman–Crippen LogP) is 5.24. The molecule has 8 nitrogen and oxygen atoms in total. The van der Waals surface area contributed by atoms with E-state index in [4.69, 9.17) is 24.4 Å². The first-order chi connectivity index (χ1) is 19.1. The molecular formula is C26H20Br2N4O4S4. The minimum Gasteiger partial charge on any atom is -0.292 e. The fourth-order valence-electron chi connectivity index (χ4n) is 3.57. The number of hydrogen-bond donors (Lipinski definition) is 2. The van der Waals surface area contributed by atoms with Gasteiger partial charge in [-0.1, -0.05) is 104 Å². The van der Waals surface area contributed by atoms with Gasteiger partial charge in [-0.3, -0.25) is 39.8 Å². The lowest BCUT2D eigenvalue weighted by molar-refractivity contribution is -0.130. The van der Waals surface area contributed by atoms with Crippen LogP contribution in [0.5, 0.6) is 0 Å². The molecule has 2 aromatic rings. The monoisotopic (exact) mass is 738 g/mol. The Labute approximate surface area is 266 Å². The van der Waals surface area contributed by atoms with Crippen LogP contribution in [0.2, 0.25) is 0 Å². The molecule has 2 saturated heterocycles. The largest absolute Gasteiger partial charge is 0.292 e. The number of hydrogen-bond acceptors (Lipinski definition) is 8. The van der Waals surface area contributed by atoms with E-state index in [1.807, 2.05) is 48.5 Å². The van der Waals surface area contributed by atoms with E-state index < -0.39 is 11.8 Å². The van der Waals surface area contributed by atoms with Crippen molar-refractivity contribution in [2.24, 2.45) is 0 Å². The standard InChI is InChI=1S/C26H20Br2N4O4S4/c27-17-5-1-3-15(11-17)13-19-23(35)31(25(37)39-19)9-7-21(33)29-30-22(34)8-10-32-24(36)20(40-26(32)38)14-16-4-2-6-18(28)12-16/h1-6,11-14H,7-10H2,(H,29,33)(H,30,34). The fourth-order valence-corrected chi connectivity index (χ4v) is 7.02. The van der Waals surface area contributed by atoms with Gasteiger partial charge in [0.05, 0.1) is 9.81 Å². The van der Waals surface area contributed by atoms with Crippen LogP contribution in [-0.4, -0.2) is 55.2 Å². The maximum absolute atomic E-state index is 12.8. The molecule has 0 unspecified atom stereocenters. The van der Waals surface area contributed by atoms with Gasteiger partial charge in [-0.25, -0.2) is 0 Å². The number of carbonyl (C=O) groups excluding carboxylic acids is 4. The van der Waals surface area contributed by atoms with Crippen molar-refractivity contribution in [3.8, 4) is 0 Å². The summed E-state index contributed by atoms with van der Waals surface area (Å²) in [5.74, 6) is -1.52. The van der Waals surface area contributed by atoms with Crippen LogP contribution in [0.25, 0.3) is 12.2 Å². The third kappa shape index (κ3) is 8.10. The zero-order valence-corrected chi connectivity index (χ0v) is 27.0. The quantitative estimate of drug-likeness (QED) is 0.216. The number of carbonyl (C=O) groups is 4. The summed E-state index contributed by atoms with van der Waals surface area (Å²) >= 11 is 19.8. The van der Waals surface area contributed by atoms with Gasteiger partial charge in [0.2, 0.25) is 11.8 Å². The van der Waals surface area contributed by atoms with Crippen molar-refractivity contribution in [3.63, 3.8) is 0 Å². The molecule has 2 heterocycles. The minimum absolute atomic E-state index is 0.0635. The molecule has 2 fully saturated rings. The number of amides is 4. The van der Waals surface area contributed by atoms with Gasteiger partial charge >= 0.3 is 0 Å². The number of nitrogens with one attached hydrogen (secondary N) is 2. The molecular weight excluding hydrogens is 720 g/mol. The lowest BCUT2D eigenvalue weighted by Gasteiger charge is -2.15. The van der Waals surface area contributed by atoms with Gasteiger partial charge < -0.3 is 0 Å². The van der Waals surface area contributed by atoms with Crippen molar-refractivity contribution in [1.82, 2.24) is 20.7 Å². The van der Waals surface area contributed by atoms with Crippen LogP contribution >= 0.6 is 79.8 Å². The van der Waals surface area contributed by atoms with Crippen molar-refractivity contribution < 1.29 is 19.2 Å². The molecule has 0 saturated carbocycles. The Kier molecular flexibility index (Phi) is 10.7. The Bertz CT molecular complexity index is 1370. The van der Waals surface area contributed by atoms with Crippen LogP contribution in [0.15, 0.2) is 67.3 Å². The zero-order valence-electron chi connectivity index (χ0n) is 20.5. The maximum atomic E-state index is 12.8. The summed E-state index contributed by atoms with van der Waals surface area (Å²) < 4.78 is 2.51. The first-order valence-corrected chi connectivity index (χ1v) is 15.7. The molecule has 206 valence electrons. The first kappa shape index (κ1) is 30.6. The highest BCUT2D eigenvalue weighted by molar-refractivity contribution is 9.10. The smallest absolute Gasteiger partial charge is 0.266 e. The zero-order chi connectivity index (χ0) is 28.8. The Hall–Kier alpha value is -2.36. The number of rotatable bonds is 8. The van der Waals surface area contributed by atoms with Crippen LogP contribution in [-0.2, 0) is 19.2 Å². The van der Waals surface area contributed by atoms with E-state index in [2.05, 4.69) is 42.7 Å². The number of hydrazine groups is 1. The van der Waals surface area contributed by atoms with Crippen LogP contribution < -0.4 is 10.9 Å². The third-order valence-corrected chi connectivity index (χ3v) is 9.25. The molecule has 0 bridgehead atoms. The van der Waals surface area contributed by atoms with Crippen LogP contribution in [0, 0.1) is 0 Å². The van der Waals surface area contributed by atoms with Crippen molar-refractivity contribution in [1.29, 1.82) is 0 Å². The summed E-state index contributed by atoms with van der Waals surface area (Å²) in [6.07, 6.45) is 3.37. The van der Waals surface area contributed by atoms with E-state index in [9.17, 15) is 19.2 Å². The average molecular weight is 741 g/mol. The van der Waals surface area contributed by atoms with Crippen molar-refractivity contribution >= 4 is 124 Å². The number of halogens is 2. The molecule has 2 aromatic carbocycles. The van der Waals surface area contributed by atoms with Crippen LogP contribution in [0.1, 0.15) is 24.0 Å². The van der Waals surface area contributed by atoms with E-state index >= 15 is 0 Å². The number of nitrogens with zero attached hydrogens (tertiary/aromatic N) is 2. The van der Waals surface area contributed by atoms with Gasteiger partial charge in [-0.2, -0.15) is 0 Å². The SMILES string of the molecule is O=C(CCN1C(=O)C(=Cc2cccc(Br)c2)SC1=S)NNC(=O)CCN1C(=O)C(=Cc2cccc(Br)c2)SC1=S. The number of benzene rings is 2. The summed E-state index contributed by atoms with van der Waals surface area (Å²) in [7, 11) is 0. The summed E-state index contributed by atoms with van der Waals surface area (Å²) in [5.41, 5.74) is 6.37. The van der Waals surface area contributed by atoms with Crippen molar-refractivity contribution in [2.45, 2.75) is 12.8 Å². The molecule has 2 N–H and O–H groups in total. The molecule has 0 atom stereocenters. The fraction of sp³-hybridized carbons (Fsp3) is 0.154. The number of thioether (sulfide) groups is 2. The molecule has 4 amide bonds. The maximum Gasteiger partial charge on any atom is 0.266 e. The Morgan fingerprint density at radius 1 is 0.750 bits per heavy atom. The molecule has 0 aromatic heterocycles. The summed E-state index contributed by atoms with van der Waals surface area (Å²) in [6.45, 7) is 0.145. The van der Waals surface area contributed by atoms with E-state index in [1.165, 1.54) is 33.3 Å². The average Bonchev–Trinajstić information content (AvgIpc) is 3.32. The van der Waals surface area contributed by atoms with E-state index in [-0.39, 0.29) is 37.7 Å². The van der Waals surface area contributed by atoms with Gasteiger partial charge in [0.1, 0.15) is 8.64 Å². The summed E-state index contributed by atoms with van der Waals surface area (Å²) in [4.78, 5) is 53.8. The predicted molar refractivity (Wildman–Crippen MR) is 174 cm³/mol. The van der Waals surface area contributed by atoms with Gasteiger partial charge in [0.25, 0.3) is 11.8 Å². The molecule has 14 heteroatoms. The van der Waals surface area contributed by atoms with Gasteiger partial charge in [-0.05, 0) is 47.5 Å². The molecule has 0 spiro atoms. The molecule has 0 aliphatic carbocycles. The van der Waals surface area contributed by atoms with Gasteiger partial charge in [0.15, 0.2) is 0 Å². The second-order valence-corrected chi connectivity index (χ2v) is 13.6. The van der Waals surface area contributed by atoms with Gasteiger partial charge in [-0.15, -0.1) is 0 Å². The highest BCUT2D eigenvalue weighted by atomic mass is 79.9. The van der Waals surface area contributed by atoms with E-state index in [1.54, 1.807) is 12.2 Å². The lowest BCUT2D eigenvalue weighted by atomic mass is 10.2. The minimum atomic E-state index is -0.485. The second kappa shape index (κ2) is 14.0. The lowest BCUT2D eigenvalue weighted by Crippen LogP contribution is -2.44. The third-order valence-electron chi connectivity index (χ3n) is 5.51. The highest BCUT2D eigenvalue weighted by Gasteiger charge is 2.33. The summed E-state index contributed by atoms with van der Waals surface area (Å²) in [5, 5.41) is 0. The summed E-state index contributed by atoms with van der Waals surface area (Å²) in [6, 6.07) is 15.0. The van der Waals surface area contributed by atoms with E-state index in [0.29, 0.717) is 18.5 Å². The second-order valence-electron chi connectivity index (χ2n) is 8.37. The molecule has 4 rings (SSSR count). The van der Waals surface area contributed by atoms with Gasteiger partial charge in [0, 0.05) is 34.9 Å². The van der Waals surface area contributed by atoms with Crippen molar-refractivity contribution in [2.75, 3.05) is 13.1 Å². The topological polar surface area (TPSA) is 98.8 Å². The molecule has 40 heavy (non-hydrogen) atoms. The number of thiocarbonyl (C=S) groups is 2. The first-order valence-electron chi connectivity index (χ1n) is 11.7. The molecule has 0 radical (unpaired) electrons. The normalized spacial score (nSPS) is 17.4. The molecule has 2 aliphatic rings. The highest BCUT2D eigenvalue weighted by Crippen LogP contribution is 2.34. The van der Waals surface area contributed by atoms with Crippen LogP contribution in [0.4, 0.5) is 0 Å². The molecule has 2 aliphatic heterocycles. The Morgan fingerprint density at radius 3 is 1.52 bits per heavy atom. The Morgan fingerprint density at radius 2 is 1.15 bits per heavy atom. The van der Waals surface area contributed by atoms with Crippen molar-refractivity contribution in [3.05, 3.63) is 78.4 Å². The van der Waals surface area contributed by atoms with E-state index in [0.717, 1.165) is 20.1 Å². The van der Waals surface area contributed by atoms with Crippen LogP contribution in [0.3, 0.4) is 0 Å². The Balaban J connectivity index is 1.21.